The van der Waals surface area contributed by atoms with Gasteiger partial charge in [0.25, 0.3) is 0 Å². The molecule has 1 unspecified atom stereocenters. The van der Waals surface area contributed by atoms with Crippen LogP contribution in [-0.4, -0.2) is 70.0 Å². The third-order valence-electron chi connectivity index (χ3n) is 6.32. The number of nitrogens with zero attached hydrogens (tertiary/aromatic N) is 4. The maximum atomic E-state index is 12.7. The Balaban J connectivity index is 0.000000505. The number of likely N-dealkylation sites (tertiary alicyclic amines) is 1. The Morgan fingerprint density at radius 2 is 1.97 bits per heavy atom. The van der Waals surface area contributed by atoms with Crippen molar-refractivity contribution in [1.29, 1.82) is 0 Å². The van der Waals surface area contributed by atoms with E-state index in [4.69, 9.17) is 4.74 Å². The molecule has 2 N–H and O–H groups in total. The summed E-state index contributed by atoms with van der Waals surface area (Å²) in [5.74, 6) is 0.500. The van der Waals surface area contributed by atoms with Gasteiger partial charge in [-0.2, -0.15) is 18.3 Å². The smallest absolute Gasteiger partial charge is 0.401 e. The molecule has 0 bridgehead atoms. The van der Waals surface area contributed by atoms with E-state index < -0.39 is 12.7 Å². The number of amides is 2. The van der Waals surface area contributed by atoms with Gasteiger partial charge in [-0.3, -0.25) is 10.00 Å². The first-order chi connectivity index (χ1) is 18.2. The van der Waals surface area contributed by atoms with Gasteiger partial charge in [-0.05, 0) is 30.2 Å². The van der Waals surface area contributed by atoms with Crippen LogP contribution in [-0.2, 0) is 6.54 Å². The van der Waals surface area contributed by atoms with Gasteiger partial charge in [0.1, 0.15) is 5.69 Å². The van der Waals surface area contributed by atoms with Crippen LogP contribution in [0.25, 0.3) is 22.2 Å². The number of hydrogen-bond acceptors (Lipinski definition) is 5. The van der Waals surface area contributed by atoms with E-state index in [1.54, 1.807) is 36.4 Å². The van der Waals surface area contributed by atoms with E-state index in [0.717, 1.165) is 27.7 Å². The van der Waals surface area contributed by atoms with Crippen molar-refractivity contribution in [3.8, 4) is 17.1 Å². The predicted molar refractivity (Wildman–Crippen MR) is 141 cm³/mol. The highest BCUT2D eigenvalue weighted by atomic mass is 19.4. The van der Waals surface area contributed by atoms with Crippen LogP contribution in [0.15, 0.2) is 67.9 Å². The number of methoxy groups -OCH3 is 1. The summed E-state index contributed by atoms with van der Waals surface area (Å²) in [6.07, 6.45) is 5.01. The van der Waals surface area contributed by atoms with Gasteiger partial charge >= 0.3 is 12.2 Å². The number of aromatic amines is 1. The van der Waals surface area contributed by atoms with Gasteiger partial charge < -0.3 is 15.0 Å². The molecule has 1 fully saturated rings. The maximum absolute atomic E-state index is 12.7. The summed E-state index contributed by atoms with van der Waals surface area (Å²) < 4.78 is 43.3. The Labute approximate surface area is 218 Å². The lowest BCUT2D eigenvalue weighted by molar-refractivity contribution is -0.143. The van der Waals surface area contributed by atoms with Gasteiger partial charge in [-0.15, -0.1) is 0 Å². The minimum atomic E-state index is -4.24. The number of carbonyl (C=O) groups is 1. The van der Waals surface area contributed by atoms with E-state index in [1.165, 1.54) is 4.90 Å². The van der Waals surface area contributed by atoms with E-state index >= 15 is 0 Å². The van der Waals surface area contributed by atoms with Crippen LogP contribution >= 0.6 is 0 Å². The SMILES string of the molecule is C=C/C=C\C=C.COc1ccc(-c2n[nH]c3cc4c(cc23)CN(C2CCN(CC(F)(F)F)C2)C(=O)N4)cn1. The van der Waals surface area contributed by atoms with Crippen molar-refractivity contribution in [2.24, 2.45) is 0 Å². The Bertz CT molecular complexity index is 1320. The number of ether oxygens (including phenoxy) is 1. The average Bonchev–Trinajstić information content (AvgIpc) is 3.52. The molecule has 2 aliphatic heterocycles. The molecule has 4 heterocycles. The van der Waals surface area contributed by atoms with Crippen molar-refractivity contribution in [2.45, 2.75) is 25.2 Å². The van der Waals surface area contributed by atoms with Crippen molar-refractivity contribution in [3.63, 3.8) is 0 Å². The van der Waals surface area contributed by atoms with Crippen LogP contribution < -0.4 is 10.1 Å². The molecule has 0 radical (unpaired) electrons. The van der Waals surface area contributed by atoms with E-state index in [1.807, 2.05) is 30.4 Å². The number of benzene rings is 1. The molecule has 0 aliphatic carbocycles. The molecular formula is C27H29F3N6O2. The van der Waals surface area contributed by atoms with E-state index in [2.05, 4.69) is 33.7 Å². The van der Waals surface area contributed by atoms with Gasteiger partial charge in [0.15, 0.2) is 0 Å². The summed E-state index contributed by atoms with van der Waals surface area (Å²) in [6, 6.07) is 6.84. The number of fused-ring (bicyclic) bond motifs is 2. The lowest BCUT2D eigenvalue weighted by atomic mass is 10.0. The van der Waals surface area contributed by atoms with Crippen LogP contribution in [0, 0.1) is 0 Å². The number of alkyl halides is 3. The molecule has 5 rings (SSSR count). The van der Waals surface area contributed by atoms with Crippen LogP contribution in [0.1, 0.15) is 12.0 Å². The lowest BCUT2D eigenvalue weighted by Crippen LogP contribution is -2.46. The number of allylic oxidation sites excluding steroid dienone is 4. The number of carbonyl (C=O) groups excluding carboxylic acids is 1. The number of hydrogen-bond donors (Lipinski definition) is 2. The molecule has 2 amide bonds. The molecule has 38 heavy (non-hydrogen) atoms. The minimum absolute atomic E-state index is 0.207. The standard InChI is InChI=1S/C21H21F3N6O2.C6H8/c1-32-18-3-2-12(8-25-18)19-15-6-13-9-30(14-4-5-29(10-14)11-21(22,23)24)20(31)26-16(13)7-17(15)27-28-19;1-3-5-6-4-2/h2-3,6-8,14H,4-5,9-11H2,1H3,(H,26,31)(H,27,28);3-6H,1-2H2/b;6-5-. The molecular weight excluding hydrogens is 497 g/mol. The predicted octanol–water partition coefficient (Wildman–Crippen LogP) is 5.53. The number of nitrogens with one attached hydrogen (secondary N) is 2. The summed E-state index contributed by atoms with van der Waals surface area (Å²) >= 11 is 0. The highest BCUT2D eigenvalue weighted by molar-refractivity contribution is 6.00. The van der Waals surface area contributed by atoms with Gasteiger partial charge in [-0.25, -0.2) is 9.78 Å². The molecule has 8 nitrogen and oxygen atoms in total. The molecule has 1 atom stereocenters. The zero-order chi connectivity index (χ0) is 27.3. The topological polar surface area (TPSA) is 86.4 Å². The summed E-state index contributed by atoms with van der Waals surface area (Å²) in [4.78, 5) is 19.9. The number of urea groups is 1. The quantitative estimate of drug-likeness (QED) is 0.413. The van der Waals surface area contributed by atoms with Gasteiger partial charge in [-0.1, -0.05) is 37.5 Å². The first-order valence-electron chi connectivity index (χ1n) is 12.0. The normalized spacial score (nSPS) is 17.6. The van der Waals surface area contributed by atoms with Crippen molar-refractivity contribution < 1.29 is 22.7 Å². The fourth-order valence-electron chi connectivity index (χ4n) is 4.58. The Morgan fingerprint density at radius 1 is 1.21 bits per heavy atom. The molecule has 2 aliphatic rings. The Kier molecular flexibility index (Phi) is 8.16. The van der Waals surface area contributed by atoms with E-state index in [-0.39, 0.29) is 18.6 Å². The second kappa shape index (κ2) is 11.5. The average molecular weight is 527 g/mol. The molecule has 200 valence electrons. The molecule has 1 aromatic carbocycles. The van der Waals surface area contributed by atoms with Crippen molar-refractivity contribution in [3.05, 3.63) is 73.5 Å². The highest BCUT2D eigenvalue weighted by Gasteiger charge is 2.38. The fraction of sp³-hybridized carbons (Fsp3) is 0.296. The number of aromatic nitrogens is 3. The molecule has 1 saturated heterocycles. The summed E-state index contributed by atoms with van der Waals surface area (Å²) in [5, 5.41) is 11.1. The zero-order valence-electron chi connectivity index (χ0n) is 21.0. The van der Waals surface area contributed by atoms with Crippen LogP contribution in [0.5, 0.6) is 5.88 Å². The lowest BCUT2D eigenvalue weighted by Gasteiger charge is -2.34. The number of anilines is 1. The van der Waals surface area contributed by atoms with Gasteiger partial charge in [0.2, 0.25) is 5.88 Å². The van der Waals surface area contributed by atoms with Crippen molar-refractivity contribution >= 4 is 22.6 Å². The summed E-state index contributed by atoms with van der Waals surface area (Å²) in [5.41, 5.74) is 3.86. The van der Waals surface area contributed by atoms with Crippen LogP contribution in [0.4, 0.5) is 23.7 Å². The van der Waals surface area contributed by atoms with Crippen molar-refractivity contribution in [1.82, 2.24) is 25.0 Å². The van der Waals surface area contributed by atoms with Gasteiger partial charge in [0.05, 0.1) is 19.2 Å². The number of pyridine rings is 1. The Morgan fingerprint density at radius 3 is 2.61 bits per heavy atom. The van der Waals surface area contributed by atoms with E-state index in [0.29, 0.717) is 31.1 Å². The largest absolute Gasteiger partial charge is 0.481 e. The van der Waals surface area contributed by atoms with Crippen LogP contribution in [0.2, 0.25) is 0 Å². The molecule has 11 heteroatoms. The monoisotopic (exact) mass is 526 g/mol. The molecule has 0 spiro atoms. The van der Waals surface area contributed by atoms with Gasteiger partial charge in [0, 0.05) is 54.6 Å². The van der Waals surface area contributed by atoms with Crippen LogP contribution in [0.3, 0.4) is 0 Å². The number of H-pyrrole nitrogens is 1. The highest BCUT2D eigenvalue weighted by Crippen LogP contribution is 2.34. The third-order valence-corrected chi connectivity index (χ3v) is 6.32. The minimum Gasteiger partial charge on any atom is -0.481 e. The van der Waals surface area contributed by atoms with E-state index in [9.17, 15) is 18.0 Å². The molecule has 3 aromatic rings. The second-order valence-electron chi connectivity index (χ2n) is 8.92. The molecule has 2 aromatic heterocycles. The zero-order valence-corrected chi connectivity index (χ0v) is 21.0. The van der Waals surface area contributed by atoms with Crippen molar-refractivity contribution in [2.75, 3.05) is 32.1 Å². The number of rotatable bonds is 6. The summed E-state index contributed by atoms with van der Waals surface area (Å²) in [7, 11) is 1.55. The Hall–Kier alpha value is -4.12. The molecule has 0 saturated carbocycles. The fourth-order valence-corrected chi connectivity index (χ4v) is 4.58. The first-order valence-corrected chi connectivity index (χ1v) is 12.0. The number of halogens is 3. The first kappa shape index (κ1) is 26.9. The third kappa shape index (κ3) is 6.23. The summed E-state index contributed by atoms with van der Waals surface area (Å²) in [6.45, 7) is 6.82. The second-order valence-corrected chi connectivity index (χ2v) is 8.92. The maximum Gasteiger partial charge on any atom is 0.401 e.